The number of likely N-dealkylation sites (tertiary alicyclic amines) is 1. The third-order valence-electron chi connectivity index (χ3n) is 4.29. The van der Waals surface area contributed by atoms with Gasteiger partial charge in [-0.15, -0.1) is 0 Å². The summed E-state index contributed by atoms with van der Waals surface area (Å²) in [5, 5.41) is 4.65. The molecule has 0 aromatic carbocycles. The van der Waals surface area contributed by atoms with Gasteiger partial charge >= 0.3 is 0 Å². The summed E-state index contributed by atoms with van der Waals surface area (Å²) >= 11 is 6.37. The first-order valence-electron chi connectivity index (χ1n) is 7.87. The highest BCUT2D eigenvalue weighted by molar-refractivity contribution is 6.36. The van der Waals surface area contributed by atoms with Gasteiger partial charge in [-0.1, -0.05) is 17.7 Å². The van der Waals surface area contributed by atoms with Crippen molar-refractivity contribution in [3.8, 4) is 0 Å². The second kappa shape index (κ2) is 5.87. The molecule has 0 aliphatic carbocycles. The number of amides is 1. The van der Waals surface area contributed by atoms with E-state index in [-0.39, 0.29) is 17.6 Å². The molecule has 1 atom stereocenters. The molecular formula is C17H16ClN5O. The second-order valence-corrected chi connectivity index (χ2v) is 6.35. The topological polar surface area (TPSA) is 63.4 Å². The largest absolute Gasteiger partial charge is 0.329 e. The number of nitrogens with zero attached hydrogens (tertiary/aromatic N) is 5. The van der Waals surface area contributed by atoms with E-state index in [2.05, 4.69) is 15.1 Å². The fourth-order valence-electron chi connectivity index (χ4n) is 3.16. The van der Waals surface area contributed by atoms with Crippen molar-refractivity contribution in [2.24, 2.45) is 0 Å². The number of halogens is 1. The predicted molar refractivity (Wildman–Crippen MR) is 90.0 cm³/mol. The van der Waals surface area contributed by atoms with Crippen molar-refractivity contribution in [1.82, 2.24) is 24.5 Å². The van der Waals surface area contributed by atoms with Crippen LogP contribution >= 0.6 is 11.6 Å². The minimum Gasteiger partial charge on any atom is -0.329 e. The number of aryl methyl sites for hydroxylation is 1. The molecule has 0 N–H and O–H groups in total. The first kappa shape index (κ1) is 15.1. The van der Waals surface area contributed by atoms with E-state index in [1.807, 2.05) is 36.2 Å². The van der Waals surface area contributed by atoms with Gasteiger partial charge in [0, 0.05) is 25.1 Å². The van der Waals surface area contributed by atoms with E-state index in [0.29, 0.717) is 17.2 Å². The van der Waals surface area contributed by atoms with Crippen molar-refractivity contribution in [3.63, 3.8) is 0 Å². The lowest BCUT2D eigenvalue weighted by Gasteiger charge is -2.23. The third kappa shape index (κ3) is 2.43. The lowest BCUT2D eigenvalue weighted by molar-refractivity contribution is 0.0726. The molecule has 1 saturated heterocycles. The Morgan fingerprint density at radius 2 is 2.21 bits per heavy atom. The SMILES string of the molecule is Cc1cnc2c(Cl)c(C(=O)N3CCC[C@H]3c3ccccn3)nn2c1. The summed E-state index contributed by atoms with van der Waals surface area (Å²) < 4.78 is 1.57. The summed E-state index contributed by atoms with van der Waals surface area (Å²) in [6.45, 7) is 2.60. The maximum absolute atomic E-state index is 13.0. The number of carbonyl (C=O) groups is 1. The summed E-state index contributed by atoms with van der Waals surface area (Å²) in [5.74, 6) is -0.170. The molecule has 7 heteroatoms. The molecule has 1 aliphatic heterocycles. The molecule has 1 amide bonds. The summed E-state index contributed by atoms with van der Waals surface area (Å²) in [6.07, 6.45) is 7.11. The van der Waals surface area contributed by atoms with E-state index in [1.165, 1.54) is 0 Å². The summed E-state index contributed by atoms with van der Waals surface area (Å²) in [5.41, 5.74) is 2.60. The lowest BCUT2D eigenvalue weighted by atomic mass is 10.1. The zero-order valence-electron chi connectivity index (χ0n) is 13.2. The molecule has 1 aliphatic rings. The van der Waals surface area contributed by atoms with Gasteiger partial charge in [0.05, 0.1) is 11.7 Å². The van der Waals surface area contributed by atoms with Gasteiger partial charge in [-0.25, -0.2) is 9.50 Å². The third-order valence-corrected chi connectivity index (χ3v) is 4.64. The second-order valence-electron chi connectivity index (χ2n) is 5.97. The molecule has 3 aromatic heterocycles. The number of fused-ring (bicyclic) bond motifs is 1. The Bertz CT molecular complexity index is 908. The normalized spacial score (nSPS) is 17.6. The molecule has 0 unspecified atom stereocenters. The maximum Gasteiger partial charge on any atom is 0.276 e. The van der Waals surface area contributed by atoms with Crippen molar-refractivity contribution in [1.29, 1.82) is 0 Å². The predicted octanol–water partition coefficient (Wildman–Crippen LogP) is 3.06. The van der Waals surface area contributed by atoms with Crippen molar-refractivity contribution >= 4 is 23.2 Å². The van der Waals surface area contributed by atoms with Crippen LogP contribution in [0, 0.1) is 6.92 Å². The van der Waals surface area contributed by atoms with E-state index in [4.69, 9.17) is 11.6 Å². The zero-order chi connectivity index (χ0) is 16.7. The molecule has 3 aromatic rings. The molecular weight excluding hydrogens is 326 g/mol. The Hall–Kier alpha value is -2.47. The van der Waals surface area contributed by atoms with Crippen LogP contribution in [0.3, 0.4) is 0 Å². The Labute approximate surface area is 144 Å². The average molecular weight is 342 g/mol. The lowest BCUT2D eigenvalue weighted by Crippen LogP contribution is -2.31. The van der Waals surface area contributed by atoms with Crippen LogP contribution in [-0.2, 0) is 0 Å². The Morgan fingerprint density at radius 1 is 1.33 bits per heavy atom. The van der Waals surface area contributed by atoms with Gasteiger partial charge in [0.2, 0.25) is 0 Å². The van der Waals surface area contributed by atoms with Crippen molar-refractivity contribution in [3.05, 3.63) is 58.8 Å². The quantitative estimate of drug-likeness (QED) is 0.718. The average Bonchev–Trinajstić information content (AvgIpc) is 3.20. The molecule has 0 saturated carbocycles. The number of hydrogen-bond donors (Lipinski definition) is 0. The fourth-order valence-corrected chi connectivity index (χ4v) is 3.42. The van der Waals surface area contributed by atoms with E-state index in [9.17, 15) is 4.79 Å². The first-order chi connectivity index (χ1) is 11.6. The highest BCUT2D eigenvalue weighted by Gasteiger charge is 2.34. The molecule has 122 valence electrons. The first-order valence-corrected chi connectivity index (χ1v) is 8.25. The van der Waals surface area contributed by atoms with Gasteiger partial charge in [0.25, 0.3) is 5.91 Å². The minimum absolute atomic E-state index is 0.0331. The molecule has 0 radical (unpaired) electrons. The van der Waals surface area contributed by atoms with Crippen LogP contribution in [-0.4, -0.2) is 36.9 Å². The van der Waals surface area contributed by atoms with E-state index in [0.717, 1.165) is 24.1 Å². The van der Waals surface area contributed by atoms with Gasteiger partial charge in [-0.05, 0) is 37.5 Å². The van der Waals surface area contributed by atoms with Crippen LogP contribution < -0.4 is 0 Å². The number of pyridine rings is 1. The van der Waals surface area contributed by atoms with Crippen molar-refractivity contribution in [2.45, 2.75) is 25.8 Å². The Balaban J connectivity index is 1.72. The molecule has 4 rings (SSSR count). The van der Waals surface area contributed by atoms with Gasteiger partial charge < -0.3 is 4.90 Å². The highest BCUT2D eigenvalue weighted by Crippen LogP contribution is 2.33. The summed E-state index contributed by atoms with van der Waals surface area (Å²) in [4.78, 5) is 23.5. The van der Waals surface area contributed by atoms with Crippen LogP contribution in [0.1, 0.15) is 40.6 Å². The van der Waals surface area contributed by atoms with Gasteiger partial charge in [0.15, 0.2) is 11.3 Å². The minimum atomic E-state index is -0.170. The number of hydrogen-bond acceptors (Lipinski definition) is 4. The maximum atomic E-state index is 13.0. The number of carbonyl (C=O) groups excluding carboxylic acids is 1. The number of aromatic nitrogens is 4. The molecule has 1 fully saturated rings. The standard InChI is InChI=1S/C17H16ClN5O/c1-11-9-20-16-14(18)15(21-23(16)10-11)17(24)22-8-4-6-13(22)12-5-2-3-7-19-12/h2-3,5,7,9-10,13H,4,6,8H2,1H3/t13-/m0/s1. The van der Waals surface area contributed by atoms with E-state index >= 15 is 0 Å². The highest BCUT2D eigenvalue weighted by atomic mass is 35.5. The summed E-state index contributed by atoms with van der Waals surface area (Å²) in [6, 6.07) is 5.73. The number of rotatable bonds is 2. The molecule has 6 nitrogen and oxygen atoms in total. The Kier molecular flexibility index (Phi) is 3.69. The van der Waals surface area contributed by atoms with Crippen LogP contribution in [0.25, 0.3) is 5.65 Å². The van der Waals surface area contributed by atoms with E-state index < -0.39 is 0 Å². The molecule has 0 bridgehead atoms. The van der Waals surface area contributed by atoms with Gasteiger partial charge in [-0.2, -0.15) is 5.10 Å². The van der Waals surface area contributed by atoms with Crippen molar-refractivity contribution in [2.75, 3.05) is 6.54 Å². The molecule has 0 spiro atoms. The monoisotopic (exact) mass is 341 g/mol. The summed E-state index contributed by atoms with van der Waals surface area (Å²) in [7, 11) is 0. The fraction of sp³-hybridized carbons (Fsp3) is 0.294. The molecule has 4 heterocycles. The van der Waals surface area contributed by atoms with Crippen LogP contribution in [0.2, 0.25) is 5.02 Å². The van der Waals surface area contributed by atoms with Crippen molar-refractivity contribution < 1.29 is 4.79 Å². The molecule has 24 heavy (non-hydrogen) atoms. The van der Waals surface area contributed by atoms with E-state index in [1.54, 1.807) is 16.9 Å². The van der Waals surface area contributed by atoms with Crippen LogP contribution in [0.15, 0.2) is 36.8 Å². The van der Waals surface area contributed by atoms with Gasteiger partial charge in [-0.3, -0.25) is 9.78 Å². The zero-order valence-corrected chi connectivity index (χ0v) is 13.9. The van der Waals surface area contributed by atoms with Gasteiger partial charge in [0.1, 0.15) is 5.02 Å². The smallest absolute Gasteiger partial charge is 0.276 e. The Morgan fingerprint density at radius 3 is 3.00 bits per heavy atom. The van der Waals surface area contributed by atoms with Crippen LogP contribution in [0.5, 0.6) is 0 Å². The van der Waals surface area contributed by atoms with Crippen LogP contribution in [0.4, 0.5) is 0 Å².